The summed E-state index contributed by atoms with van der Waals surface area (Å²) in [4.78, 5) is 21.1. The highest BCUT2D eigenvalue weighted by Crippen LogP contribution is 2.48. The molecule has 6 heteroatoms. The molecule has 0 spiro atoms. The van der Waals surface area contributed by atoms with Crippen LogP contribution in [0.25, 0.3) is 5.82 Å². The molecule has 0 unspecified atom stereocenters. The van der Waals surface area contributed by atoms with E-state index in [9.17, 15) is 4.79 Å². The van der Waals surface area contributed by atoms with Crippen LogP contribution in [0.2, 0.25) is 0 Å². The standard InChI is InChI=1S/C20H20N4O2/c1-13-21-9-10-24(13)19-8-5-15(12-22-19)23-20(25)18-11-17(18)14-3-6-16(26-2)7-4-14/h3-10,12,17-18H,11H2,1-2H3,(H,23,25)/t17-,18+/m0/s1. The van der Waals surface area contributed by atoms with Crippen LogP contribution in [0.15, 0.2) is 55.0 Å². The van der Waals surface area contributed by atoms with Gasteiger partial charge in [0, 0.05) is 18.3 Å². The maximum absolute atomic E-state index is 12.5. The van der Waals surface area contributed by atoms with Gasteiger partial charge in [0.2, 0.25) is 5.91 Å². The van der Waals surface area contributed by atoms with Crippen LogP contribution in [0.4, 0.5) is 5.69 Å². The van der Waals surface area contributed by atoms with Crippen molar-refractivity contribution in [1.82, 2.24) is 14.5 Å². The number of carbonyl (C=O) groups excluding carboxylic acids is 1. The van der Waals surface area contributed by atoms with E-state index >= 15 is 0 Å². The minimum atomic E-state index is 0.0129. The molecule has 2 aromatic heterocycles. The third kappa shape index (κ3) is 3.18. The molecule has 0 radical (unpaired) electrons. The largest absolute Gasteiger partial charge is 0.497 e. The molecule has 0 aliphatic heterocycles. The third-order valence-corrected chi connectivity index (χ3v) is 4.76. The van der Waals surface area contributed by atoms with Gasteiger partial charge in [0.15, 0.2) is 0 Å². The Hall–Kier alpha value is -3.15. The molecular formula is C20H20N4O2. The van der Waals surface area contributed by atoms with Crippen molar-refractivity contribution >= 4 is 11.6 Å². The predicted octanol–water partition coefficient (Wildman–Crippen LogP) is 3.33. The lowest BCUT2D eigenvalue weighted by molar-refractivity contribution is -0.117. The fourth-order valence-corrected chi connectivity index (χ4v) is 3.16. The van der Waals surface area contributed by atoms with Crippen molar-refractivity contribution in [3.63, 3.8) is 0 Å². The zero-order chi connectivity index (χ0) is 18.1. The lowest BCUT2D eigenvalue weighted by Crippen LogP contribution is -2.15. The van der Waals surface area contributed by atoms with Crippen molar-refractivity contribution < 1.29 is 9.53 Å². The number of nitrogens with one attached hydrogen (secondary N) is 1. The van der Waals surface area contributed by atoms with Crippen molar-refractivity contribution in [3.8, 4) is 11.6 Å². The maximum atomic E-state index is 12.5. The molecule has 1 saturated carbocycles. The fourth-order valence-electron chi connectivity index (χ4n) is 3.16. The zero-order valence-corrected chi connectivity index (χ0v) is 14.7. The van der Waals surface area contributed by atoms with E-state index in [0.29, 0.717) is 5.69 Å². The number of aromatic nitrogens is 3. The summed E-state index contributed by atoms with van der Waals surface area (Å²) in [7, 11) is 1.65. The molecule has 1 aliphatic carbocycles. The summed E-state index contributed by atoms with van der Waals surface area (Å²) >= 11 is 0. The van der Waals surface area contributed by atoms with Gasteiger partial charge >= 0.3 is 0 Å². The number of rotatable bonds is 5. The smallest absolute Gasteiger partial charge is 0.228 e. The molecule has 26 heavy (non-hydrogen) atoms. The molecule has 132 valence electrons. The molecule has 1 aromatic carbocycles. The SMILES string of the molecule is COc1ccc([C@@H]2C[C@H]2C(=O)Nc2ccc(-n3ccnc3C)nc2)cc1. The number of pyridine rings is 1. The van der Waals surface area contributed by atoms with Crippen LogP contribution in [0.3, 0.4) is 0 Å². The average Bonchev–Trinajstić information content (AvgIpc) is 3.37. The molecule has 0 saturated heterocycles. The van der Waals surface area contributed by atoms with Crippen LogP contribution in [0, 0.1) is 12.8 Å². The Balaban J connectivity index is 1.39. The second kappa shape index (κ2) is 6.63. The second-order valence-electron chi connectivity index (χ2n) is 6.46. The monoisotopic (exact) mass is 348 g/mol. The summed E-state index contributed by atoms with van der Waals surface area (Å²) in [5, 5.41) is 2.96. The van der Waals surface area contributed by atoms with E-state index in [0.717, 1.165) is 23.8 Å². The van der Waals surface area contributed by atoms with Gasteiger partial charge in [0.05, 0.1) is 19.0 Å². The molecule has 1 fully saturated rings. The number of hydrogen-bond acceptors (Lipinski definition) is 4. The lowest BCUT2D eigenvalue weighted by Gasteiger charge is -2.07. The first-order chi connectivity index (χ1) is 12.7. The number of imidazole rings is 1. The van der Waals surface area contributed by atoms with Crippen LogP contribution in [0.1, 0.15) is 23.7 Å². The summed E-state index contributed by atoms with van der Waals surface area (Å²) in [6.07, 6.45) is 6.15. The quantitative estimate of drug-likeness (QED) is 0.768. The van der Waals surface area contributed by atoms with Gasteiger partial charge in [-0.2, -0.15) is 0 Å². The van der Waals surface area contributed by atoms with Crippen molar-refractivity contribution in [2.24, 2.45) is 5.92 Å². The molecule has 6 nitrogen and oxygen atoms in total. The zero-order valence-electron chi connectivity index (χ0n) is 14.7. The van der Waals surface area contributed by atoms with E-state index in [4.69, 9.17) is 4.74 Å². The minimum Gasteiger partial charge on any atom is -0.497 e. The Morgan fingerprint density at radius 1 is 1.19 bits per heavy atom. The second-order valence-corrected chi connectivity index (χ2v) is 6.46. The number of nitrogens with zero attached hydrogens (tertiary/aromatic N) is 3. The van der Waals surface area contributed by atoms with Crippen LogP contribution >= 0.6 is 0 Å². The van der Waals surface area contributed by atoms with E-state index in [2.05, 4.69) is 15.3 Å². The van der Waals surface area contributed by atoms with Gasteiger partial charge < -0.3 is 10.1 Å². The van der Waals surface area contributed by atoms with Gasteiger partial charge in [-0.15, -0.1) is 0 Å². The van der Waals surface area contributed by atoms with Gasteiger partial charge in [0.1, 0.15) is 17.4 Å². The highest BCUT2D eigenvalue weighted by atomic mass is 16.5. The minimum absolute atomic E-state index is 0.0129. The highest BCUT2D eigenvalue weighted by Gasteiger charge is 2.43. The molecule has 2 heterocycles. The molecule has 0 bridgehead atoms. The molecule has 2 atom stereocenters. The molecule has 1 aliphatic rings. The topological polar surface area (TPSA) is 69.0 Å². The maximum Gasteiger partial charge on any atom is 0.228 e. The van der Waals surface area contributed by atoms with Gasteiger partial charge in [0.25, 0.3) is 0 Å². The van der Waals surface area contributed by atoms with Gasteiger partial charge in [-0.05, 0) is 49.1 Å². The number of aryl methyl sites for hydroxylation is 1. The van der Waals surface area contributed by atoms with E-state index < -0.39 is 0 Å². The third-order valence-electron chi connectivity index (χ3n) is 4.76. The molecular weight excluding hydrogens is 328 g/mol. The Labute approximate surface area is 151 Å². The number of amides is 1. The van der Waals surface area contributed by atoms with Crippen molar-refractivity contribution in [1.29, 1.82) is 0 Å². The van der Waals surface area contributed by atoms with Crippen LogP contribution in [-0.2, 0) is 4.79 Å². The number of benzene rings is 1. The number of ether oxygens (including phenoxy) is 1. The first-order valence-electron chi connectivity index (χ1n) is 8.57. The Kier molecular flexibility index (Phi) is 4.16. The Morgan fingerprint density at radius 2 is 2.00 bits per heavy atom. The molecule has 3 aromatic rings. The lowest BCUT2D eigenvalue weighted by atomic mass is 10.1. The summed E-state index contributed by atoms with van der Waals surface area (Å²) in [6.45, 7) is 1.92. The number of carbonyl (C=O) groups is 1. The Bertz CT molecular complexity index is 916. The van der Waals surface area contributed by atoms with Crippen molar-refractivity contribution in [2.75, 3.05) is 12.4 Å². The van der Waals surface area contributed by atoms with Crippen LogP contribution < -0.4 is 10.1 Å². The fraction of sp³-hybridized carbons (Fsp3) is 0.250. The number of anilines is 1. The summed E-state index contributed by atoms with van der Waals surface area (Å²) in [5.74, 6) is 2.81. The van der Waals surface area contributed by atoms with Crippen molar-refractivity contribution in [3.05, 3.63) is 66.4 Å². The molecule has 1 amide bonds. The highest BCUT2D eigenvalue weighted by molar-refractivity contribution is 5.95. The van der Waals surface area contributed by atoms with Gasteiger partial charge in [-0.25, -0.2) is 9.97 Å². The number of hydrogen-bond donors (Lipinski definition) is 1. The Morgan fingerprint density at radius 3 is 2.62 bits per heavy atom. The summed E-state index contributed by atoms with van der Waals surface area (Å²) in [5.41, 5.74) is 1.88. The van der Waals surface area contributed by atoms with Crippen LogP contribution in [-0.4, -0.2) is 27.6 Å². The van der Waals surface area contributed by atoms with E-state index in [1.165, 1.54) is 5.56 Å². The van der Waals surface area contributed by atoms with Gasteiger partial charge in [-0.1, -0.05) is 12.1 Å². The first kappa shape index (κ1) is 16.3. The predicted molar refractivity (Wildman–Crippen MR) is 98.6 cm³/mol. The van der Waals surface area contributed by atoms with E-state index in [-0.39, 0.29) is 17.7 Å². The van der Waals surface area contributed by atoms with Crippen LogP contribution in [0.5, 0.6) is 5.75 Å². The summed E-state index contributed by atoms with van der Waals surface area (Å²) < 4.78 is 7.07. The summed E-state index contributed by atoms with van der Waals surface area (Å²) in [6, 6.07) is 11.7. The van der Waals surface area contributed by atoms with Crippen molar-refractivity contribution in [2.45, 2.75) is 19.3 Å². The average molecular weight is 348 g/mol. The molecule has 1 N–H and O–H groups in total. The van der Waals surface area contributed by atoms with Gasteiger partial charge in [-0.3, -0.25) is 9.36 Å². The normalized spacial score (nSPS) is 18.4. The molecule has 4 rings (SSSR count). The van der Waals surface area contributed by atoms with E-state index in [1.807, 2.05) is 54.1 Å². The number of methoxy groups -OCH3 is 1. The first-order valence-corrected chi connectivity index (χ1v) is 8.57. The van der Waals surface area contributed by atoms with E-state index in [1.54, 1.807) is 19.5 Å².